The molecule has 1 aliphatic heterocycles. The second-order valence-corrected chi connectivity index (χ2v) is 3.02. The van der Waals surface area contributed by atoms with Crippen molar-refractivity contribution < 1.29 is 9.47 Å². The van der Waals surface area contributed by atoms with E-state index in [0.717, 1.165) is 17.9 Å². The van der Waals surface area contributed by atoms with Crippen molar-refractivity contribution in [2.75, 3.05) is 19.8 Å². The molecule has 0 atom stereocenters. The molecule has 78 valence electrons. The summed E-state index contributed by atoms with van der Waals surface area (Å²) in [6, 6.07) is 5.97. The lowest BCUT2D eigenvalue weighted by Gasteiger charge is -2.18. The van der Waals surface area contributed by atoms with E-state index in [0.29, 0.717) is 19.8 Å². The highest BCUT2D eigenvalue weighted by molar-refractivity contribution is 5.85. The zero-order valence-electron chi connectivity index (χ0n) is 7.86. The van der Waals surface area contributed by atoms with E-state index in [1.165, 1.54) is 5.56 Å². The monoisotopic (exact) mass is 215 g/mol. The van der Waals surface area contributed by atoms with Crippen molar-refractivity contribution in [3.05, 3.63) is 23.8 Å². The molecule has 2 rings (SSSR count). The van der Waals surface area contributed by atoms with E-state index < -0.39 is 0 Å². The average Bonchev–Trinajstić information content (AvgIpc) is 2.18. The molecule has 3 nitrogen and oxygen atoms in total. The number of hydrogen-bond donors (Lipinski definition) is 1. The van der Waals surface area contributed by atoms with Crippen LogP contribution in [0, 0.1) is 0 Å². The zero-order valence-corrected chi connectivity index (χ0v) is 8.68. The van der Waals surface area contributed by atoms with Gasteiger partial charge in [-0.3, -0.25) is 0 Å². The van der Waals surface area contributed by atoms with Crippen molar-refractivity contribution in [3.8, 4) is 11.5 Å². The summed E-state index contributed by atoms with van der Waals surface area (Å²) in [5, 5.41) is 0. The molecule has 2 N–H and O–H groups in total. The van der Waals surface area contributed by atoms with Crippen molar-refractivity contribution in [3.63, 3.8) is 0 Å². The van der Waals surface area contributed by atoms with Gasteiger partial charge in [0.05, 0.1) is 0 Å². The predicted molar refractivity (Wildman–Crippen MR) is 57.4 cm³/mol. The van der Waals surface area contributed by atoms with E-state index in [2.05, 4.69) is 0 Å². The van der Waals surface area contributed by atoms with Gasteiger partial charge in [0.25, 0.3) is 0 Å². The van der Waals surface area contributed by atoms with Crippen LogP contribution >= 0.6 is 12.4 Å². The minimum atomic E-state index is 0. The lowest BCUT2D eigenvalue weighted by Crippen LogP contribution is -2.15. The molecule has 1 heterocycles. The first-order chi connectivity index (χ1) is 6.40. The maximum absolute atomic E-state index is 5.46. The fourth-order valence-electron chi connectivity index (χ4n) is 1.41. The number of fused-ring (bicyclic) bond motifs is 1. The van der Waals surface area contributed by atoms with Crippen LogP contribution in [0.2, 0.25) is 0 Å². The van der Waals surface area contributed by atoms with Crippen LogP contribution in [0.15, 0.2) is 18.2 Å². The molecule has 0 aliphatic carbocycles. The van der Waals surface area contributed by atoms with Crippen molar-refractivity contribution in [1.82, 2.24) is 0 Å². The van der Waals surface area contributed by atoms with E-state index in [1.807, 2.05) is 18.2 Å². The summed E-state index contributed by atoms with van der Waals surface area (Å²) in [6.07, 6.45) is 0.886. The summed E-state index contributed by atoms with van der Waals surface area (Å²) in [4.78, 5) is 0. The maximum Gasteiger partial charge on any atom is 0.161 e. The van der Waals surface area contributed by atoms with E-state index in [4.69, 9.17) is 15.2 Å². The highest BCUT2D eigenvalue weighted by atomic mass is 35.5. The van der Waals surface area contributed by atoms with Crippen molar-refractivity contribution in [1.29, 1.82) is 0 Å². The molecule has 0 unspecified atom stereocenters. The van der Waals surface area contributed by atoms with E-state index in [-0.39, 0.29) is 12.4 Å². The Morgan fingerprint density at radius 2 is 1.86 bits per heavy atom. The second kappa shape index (κ2) is 5.08. The van der Waals surface area contributed by atoms with E-state index in [1.54, 1.807) is 0 Å². The Morgan fingerprint density at radius 1 is 1.14 bits per heavy atom. The molecule has 0 aromatic heterocycles. The Balaban J connectivity index is 0.000000980. The molecule has 0 spiro atoms. The molecular weight excluding hydrogens is 202 g/mol. The van der Waals surface area contributed by atoms with Crippen LogP contribution in [0.4, 0.5) is 0 Å². The fourth-order valence-corrected chi connectivity index (χ4v) is 1.41. The second-order valence-electron chi connectivity index (χ2n) is 3.02. The summed E-state index contributed by atoms with van der Waals surface area (Å²) >= 11 is 0. The number of benzene rings is 1. The zero-order chi connectivity index (χ0) is 9.10. The van der Waals surface area contributed by atoms with Gasteiger partial charge in [0.1, 0.15) is 13.2 Å². The van der Waals surface area contributed by atoms with Gasteiger partial charge in [-0.05, 0) is 30.7 Å². The molecule has 0 amide bonds. The van der Waals surface area contributed by atoms with Crippen molar-refractivity contribution in [2.45, 2.75) is 6.42 Å². The summed E-state index contributed by atoms with van der Waals surface area (Å²) < 4.78 is 10.8. The molecule has 1 aromatic carbocycles. The van der Waals surface area contributed by atoms with Gasteiger partial charge in [0.15, 0.2) is 11.5 Å². The standard InChI is InChI=1S/C10H13NO2.ClH/c11-4-3-8-1-2-9-10(7-8)13-6-5-12-9;/h1-2,7H,3-6,11H2;1H. The van der Waals surface area contributed by atoms with Crippen molar-refractivity contribution in [2.24, 2.45) is 5.73 Å². The Kier molecular flexibility index (Phi) is 4.04. The van der Waals surface area contributed by atoms with Crippen molar-refractivity contribution >= 4 is 12.4 Å². The molecule has 14 heavy (non-hydrogen) atoms. The highest BCUT2D eigenvalue weighted by Gasteiger charge is 2.10. The van der Waals surface area contributed by atoms with Crippen LogP contribution in [-0.2, 0) is 6.42 Å². The first-order valence-corrected chi connectivity index (χ1v) is 4.49. The molecule has 0 saturated heterocycles. The van der Waals surface area contributed by atoms with Gasteiger partial charge in [-0.15, -0.1) is 12.4 Å². The van der Waals surface area contributed by atoms with Gasteiger partial charge in [-0.25, -0.2) is 0 Å². The average molecular weight is 216 g/mol. The highest BCUT2D eigenvalue weighted by Crippen LogP contribution is 2.30. The number of rotatable bonds is 2. The van der Waals surface area contributed by atoms with Gasteiger partial charge < -0.3 is 15.2 Å². The quantitative estimate of drug-likeness (QED) is 0.811. The summed E-state index contributed by atoms with van der Waals surface area (Å²) in [5.74, 6) is 1.68. The number of nitrogens with two attached hydrogens (primary N) is 1. The Hall–Kier alpha value is -0.930. The summed E-state index contributed by atoms with van der Waals surface area (Å²) in [5.41, 5.74) is 6.67. The maximum atomic E-state index is 5.46. The number of ether oxygens (including phenoxy) is 2. The Bertz CT molecular complexity index is 304. The minimum absolute atomic E-state index is 0. The van der Waals surface area contributed by atoms with Gasteiger partial charge in [-0.2, -0.15) is 0 Å². The topological polar surface area (TPSA) is 44.5 Å². The van der Waals surface area contributed by atoms with Crippen LogP contribution in [0.1, 0.15) is 5.56 Å². The van der Waals surface area contributed by atoms with Gasteiger partial charge in [-0.1, -0.05) is 6.07 Å². The third-order valence-corrected chi connectivity index (χ3v) is 2.04. The third-order valence-electron chi connectivity index (χ3n) is 2.04. The van der Waals surface area contributed by atoms with Gasteiger partial charge in [0, 0.05) is 0 Å². The van der Waals surface area contributed by atoms with Gasteiger partial charge >= 0.3 is 0 Å². The molecule has 0 fully saturated rings. The summed E-state index contributed by atoms with van der Waals surface area (Å²) in [7, 11) is 0. The molecule has 1 aromatic rings. The lowest BCUT2D eigenvalue weighted by atomic mass is 10.1. The van der Waals surface area contributed by atoms with Gasteiger partial charge in [0.2, 0.25) is 0 Å². The minimum Gasteiger partial charge on any atom is -0.486 e. The molecule has 0 saturated carbocycles. The van der Waals surface area contributed by atoms with E-state index in [9.17, 15) is 0 Å². The Labute approximate surface area is 89.6 Å². The number of hydrogen-bond acceptors (Lipinski definition) is 3. The van der Waals surface area contributed by atoms with Crippen LogP contribution < -0.4 is 15.2 Å². The first-order valence-electron chi connectivity index (χ1n) is 4.49. The molecule has 4 heteroatoms. The lowest BCUT2D eigenvalue weighted by molar-refractivity contribution is 0.171. The number of halogens is 1. The molecule has 0 bridgehead atoms. The normalized spacial score (nSPS) is 13.2. The van der Waals surface area contributed by atoms with Crippen LogP contribution in [0.5, 0.6) is 11.5 Å². The fraction of sp³-hybridized carbons (Fsp3) is 0.400. The molecule has 0 radical (unpaired) electrons. The predicted octanol–water partition coefficient (Wildman–Crippen LogP) is 1.38. The van der Waals surface area contributed by atoms with Crippen LogP contribution in [0.3, 0.4) is 0 Å². The largest absolute Gasteiger partial charge is 0.486 e. The SMILES string of the molecule is Cl.NCCc1ccc2c(c1)OCCO2. The first kappa shape index (κ1) is 11.1. The smallest absolute Gasteiger partial charge is 0.161 e. The third kappa shape index (κ3) is 2.30. The molecular formula is C10H14ClNO2. The molecule has 1 aliphatic rings. The van der Waals surface area contributed by atoms with Crippen LogP contribution in [0.25, 0.3) is 0 Å². The van der Waals surface area contributed by atoms with Crippen LogP contribution in [-0.4, -0.2) is 19.8 Å². The van der Waals surface area contributed by atoms with E-state index >= 15 is 0 Å². The summed E-state index contributed by atoms with van der Waals surface area (Å²) in [6.45, 7) is 1.95. The Morgan fingerprint density at radius 3 is 2.57 bits per heavy atom.